The third kappa shape index (κ3) is 4.35. The Morgan fingerprint density at radius 3 is 2.75 bits per heavy atom. The van der Waals surface area contributed by atoms with Crippen LogP contribution < -0.4 is 16.0 Å². The van der Waals surface area contributed by atoms with Gasteiger partial charge in [-0.3, -0.25) is 14.9 Å². The van der Waals surface area contributed by atoms with Gasteiger partial charge in [-0.2, -0.15) is 5.10 Å². The van der Waals surface area contributed by atoms with Gasteiger partial charge in [0.25, 0.3) is 0 Å². The molecule has 1 saturated heterocycles. The van der Waals surface area contributed by atoms with Gasteiger partial charge in [0.1, 0.15) is 5.82 Å². The first-order chi connectivity index (χ1) is 11.5. The highest BCUT2D eigenvalue weighted by atomic mass is 16.2. The van der Waals surface area contributed by atoms with Crippen molar-refractivity contribution in [3.8, 4) is 0 Å². The first-order valence-corrected chi connectivity index (χ1v) is 8.90. The third-order valence-corrected chi connectivity index (χ3v) is 4.47. The van der Waals surface area contributed by atoms with E-state index in [1.807, 2.05) is 26.8 Å². The number of aromatic nitrogens is 2. The number of amides is 2. The van der Waals surface area contributed by atoms with Gasteiger partial charge < -0.3 is 10.6 Å². The Morgan fingerprint density at radius 1 is 1.42 bits per heavy atom. The summed E-state index contributed by atoms with van der Waals surface area (Å²) in [7, 11) is 0. The van der Waals surface area contributed by atoms with Gasteiger partial charge in [-0.15, -0.1) is 0 Å². The minimum absolute atomic E-state index is 0.00243. The molecular formula is C17H29N5O2. The minimum Gasteiger partial charge on any atom is -0.322 e. The van der Waals surface area contributed by atoms with E-state index in [4.69, 9.17) is 0 Å². The van der Waals surface area contributed by atoms with Crippen LogP contribution in [0.25, 0.3) is 0 Å². The number of nitrogens with zero attached hydrogens (tertiary/aromatic N) is 2. The number of carbonyl (C=O) groups excluding carboxylic acids is 2. The monoisotopic (exact) mass is 335 g/mol. The molecule has 134 valence electrons. The van der Waals surface area contributed by atoms with Crippen molar-refractivity contribution in [2.75, 3.05) is 5.32 Å². The molecule has 7 nitrogen and oxygen atoms in total. The third-order valence-electron chi connectivity index (χ3n) is 4.47. The largest absolute Gasteiger partial charge is 0.322 e. The maximum atomic E-state index is 12.4. The van der Waals surface area contributed by atoms with Crippen LogP contribution in [0.4, 0.5) is 5.82 Å². The molecule has 24 heavy (non-hydrogen) atoms. The molecule has 1 aliphatic heterocycles. The molecule has 1 aliphatic rings. The SMILES string of the molecule is CCCC1CC(=O)NC(n2nc(C)cc2NC(=O)C(CC)CC)N1. The standard InChI is InChI=1S/C17H29N5O2/c1-5-8-13-10-15(23)20-17(18-13)22-14(9-11(4)21-22)19-16(24)12(6-2)7-3/h9,12-13,17-18H,5-8,10H2,1-4H3,(H,19,24)(H,20,23). The van der Waals surface area contributed by atoms with Gasteiger partial charge in [0.15, 0.2) is 6.29 Å². The second-order valence-corrected chi connectivity index (χ2v) is 6.44. The average molecular weight is 335 g/mol. The molecule has 2 rings (SSSR count). The Hall–Kier alpha value is -1.89. The summed E-state index contributed by atoms with van der Waals surface area (Å²) >= 11 is 0. The van der Waals surface area contributed by atoms with Crippen molar-refractivity contribution < 1.29 is 9.59 Å². The van der Waals surface area contributed by atoms with Crippen molar-refractivity contribution in [2.24, 2.45) is 5.92 Å². The van der Waals surface area contributed by atoms with E-state index in [9.17, 15) is 9.59 Å². The number of carbonyl (C=O) groups is 2. The molecule has 7 heteroatoms. The number of aryl methyl sites for hydroxylation is 1. The summed E-state index contributed by atoms with van der Waals surface area (Å²) in [5.41, 5.74) is 0.795. The zero-order valence-electron chi connectivity index (χ0n) is 15.1. The Balaban J connectivity index is 2.18. The van der Waals surface area contributed by atoms with E-state index >= 15 is 0 Å². The van der Waals surface area contributed by atoms with Crippen molar-refractivity contribution in [3.63, 3.8) is 0 Å². The smallest absolute Gasteiger partial charge is 0.228 e. The van der Waals surface area contributed by atoms with E-state index < -0.39 is 6.29 Å². The van der Waals surface area contributed by atoms with Gasteiger partial charge in [0.2, 0.25) is 11.8 Å². The molecule has 2 unspecified atom stereocenters. The molecule has 1 aromatic heterocycles. The van der Waals surface area contributed by atoms with Crippen molar-refractivity contribution in [1.29, 1.82) is 0 Å². The van der Waals surface area contributed by atoms with Gasteiger partial charge in [0.05, 0.1) is 5.69 Å². The Kier molecular flexibility index (Phi) is 6.36. The Bertz CT molecular complexity index is 580. The van der Waals surface area contributed by atoms with Gasteiger partial charge >= 0.3 is 0 Å². The molecule has 1 fully saturated rings. The number of rotatable bonds is 7. The highest BCUT2D eigenvalue weighted by Gasteiger charge is 2.28. The number of hydrogen-bond donors (Lipinski definition) is 3. The van der Waals surface area contributed by atoms with Gasteiger partial charge in [-0.1, -0.05) is 27.2 Å². The van der Waals surface area contributed by atoms with E-state index in [-0.39, 0.29) is 23.8 Å². The molecule has 0 radical (unpaired) electrons. The van der Waals surface area contributed by atoms with Crippen molar-refractivity contribution in [3.05, 3.63) is 11.8 Å². The Labute approximate surface area is 143 Å². The second-order valence-electron chi connectivity index (χ2n) is 6.44. The van der Waals surface area contributed by atoms with Gasteiger partial charge in [-0.05, 0) is 26.2 Å². The van der Waals surface area contributed by atoms with E-state index in [1.54, 1.807) is 4.68 Å². The van der Waals surface area contributed by atoms with Crippen LogP contribution in [0.3, 0.4) is 0 Å². The Morgan fingerprint density at radius 2 is 2.12 bits per heavy atom. The summed E-state index contributed by atoms with van der Waals surface area (Å²) in [6.45, 7) is 7.99. The van der Waals surface area contributed by atoms with Crippen LogP contribution in [0.1, 0.15) is 64.9 Å². The van der Waals surface area contributed by atoms with Crippen LogP contribution in [0.5, 0.6) is 0 Å². The van der Waals surface area contributed by atoms with E-state index in [2.05, 4.69) is 28.0 Å². The van der Waals surface area contributed by atoms with Crippen LogP contribution in [-0.4, -0.2) is 27.6 Å². The van der Waals surface area contributed by atoms with Crippen LogP contribution in [0.15, 0.2) is 6.07 Å². The average Bonchev–Trinajstić information content (AvgIpc) is 2.89. The molecule has 0 bridgehead atoms. The van der Waals surface area contributed by atoms with Crippen LogP contribution in [0, 0.1) is 12.8 Å². The highest BCUT2D eigenvalue weighted by molar-refractivity contribution is 5.91. The van der Waals surface area contributed by atoms with Crippen molar-refractivity contribution >= 4 is 17.6 Å². The maximum Gasteiger partial charge on any atom is 0.228 e. The quantitative estimate of drug-likeness (QED) is 0.713. The molecule has 0 aliphatic carbocycles. The summed E-state index contributed by atoms with van der Waals surface area (Å²) in [6, 6.07) is 1.96. The van der Waals surface area contributed by atoms with E-state index in [0.717, 1.165) is 31.4 Å². The number of hydrogen-bond acceptors (Lipinski definition) is 4. The van der Waals surface area contributed by atoms with Crippen LogP contribution in [0.2, 0.25) is 0 Å². The molecule has 2 atom stereocenters. The molecule has 3 N–H and O–H groups in total. The van der Waals surface area contributed by atoms with E-state index in [1.165, 1.54) is 0 Å². The summed E-state index contributed by atoms with van der Waals surface area (Å²) in [6.07, 6.45) is 3.57. The topological polar surface area (TPSA) is 88.1 Å². The summed E-state index contributed by atoms with van der Waals surface area (Å²) < 4.78 is 1.66. The lowest BCUT2D eigenvalue weighted by Gasteiger charge is -2.32. The zero-order chi connectivity index (χ0) is 17.7. The summed E-state index contributed by atoms with van der Waals surface area (Å²) in [5, 5.41) is 13.7. The maximum absolute atomic E-state index is 12.4. The van der Waals surface area contributed by atoms with Gasteiger partial charge in [-0.25, -0.2) is 4.68 Å². The summed E-state index contributed by atoms with van der Waals surface area (Å²) in [5.74, 6) is 0.589. The number of nitrogens with one attached hydrogen (secondary N) is 3. The lowest BCUT2D eigenvalue weighted by atomic mass is 10.0. The molecule has 2 heterocycles. The van der Waals surface area contributed by atoms with Crippen molar-refractivity contribution in [2.45, 2.75) is 72.1 Å². The summed E-state index contributed by atoms with van der Waals surface area (Å²) in [4.78, 5) is 24.4. The zero-order valence-corrected chi connectivity index (χ0v) is 15.1. The lowest BCUT2D eigenvalue weighted by molar-refractivity contribution is -0.125. The first kappa shape index (κ1) is 18.4. The first-order valence-electron chi connectivity index (χ1n) is 8.90. The molecule has 2 amide bonds. The molecule has 0 saturated carbocycles. The molecular weight excluding hydrogens is 306 g/mol. The van der Waals surface area contributed by atoms with Crippen molar-refractivity contribution in [1.82, 2.24) is 20.4 Å². The molecule has 0 aromatic carbocycles. The predicted molar refractivity (Wildman–Crippen MR) is 93.3 cm³/mol. The fraction of sp³-hybridized carbons (Fsp3) is 0.706. The lowest BCUT2D eigenvalue weighted by Crippen LogP contribution is -2.53. The predicted octanol–water partition coefficient (Wildman–Crippen LogP) is 2.30. The number of anilines is 1. The highest BCUT2D eigenvalue weighted by Crippen LogP contribution is 2.20. The normalized spacial score (nSPS) is 21.0. The van der Waals surface area contributed by atoms with Crippen LogP contribution >= 0.6 is 0 Å². The minimum atomic E-state index is -0.437. The molecule has 1 aromatic rings. The van der Waals surface area contributed by atoms with Gasteiger partial charge in [0, 0.05) is 24.4 Å². The van der Waals surface area contributed by atoms with Crippen LogP contribution in [-0.2, 0) is 9.59 Å². The molecule has 0 spiro atoms. The second kappa shape index (κ2) is 8.28. The fourth-order valence-corrected chi connectivity index (χ4v) is 3.12. The fourth-order valence-electron chi connectivity index (χ4n) is 3.12. The van der Waals surface area contributed by atoms with E-state index in [0.29, 0.717) is 12.2 Å².